The number of rotatable bonds is 6. The quantitative estimate of drug-likeness (QED) is 0.590. The predicted octanol–water partition coefficient (Wildman–Crippen LogP) is 2.43. The molecule has 3 heterocycles. The largest absolute Gasteiger partial charge is 0.497 e. The lowest BCUT2D eigenvalue weighted by atomic mass is 9.96. The summed E-state index contributed by atoms with van der Waals surface area (Å²) in [6, 6.07) is 6.97. The van der Waals surface area contributed by atoms with Crippen LogP contribution in [-0.4, -0.2) is 56.8 Å². The predicted molar refractivity (Wildman–Crippen MR) is 119 cm³/mol. The van der Waals surface area contributed by atoms with E-state index in [-0.39, 0.29) is 17.9 Å². The molecule has 10 nitrogen and oxygen atoms in total. The molecule has 168 valence electrons. The number of hydrogen-bond acceptors (Lipinski definition) is 7. The molecule has 1 aromatic carbocycles. The van der Waals surface area contributed by atoms with Gasteiger partial charge in [-0.05, 0) is 30.5 Å². The lowest BCUT2D eigenvalue weighted by Gasteiger charge is -2.32. The highest BCUT2D eigenvalue weighted by Gasteiger charge is 2.30. The Labute approximate surface area is 189 Å². The highest BCUT2D eigenvalue weighted by molar-refractivity contribution is 7.13. The van der Waals surface area contributed by atoms with E-state index in [9.17, 15) is 9.59 Å². The van der Waals surface area contributed by atoms with Crippen molar-refractivity contribution in [2.75, 3.05) is 25.5 Å². The molecule has 0 spiro atoms. The molecular formula is C21H25N7O3S. The average Bonchev–Trinajstić information content (AvgIpc) is 3.49. The van der Waals surface area contributed by atoms with Gasteiger partial charge < -0.3 is 24.8 Å². The van der Waals surface area contributed by atoms with Crippen molar-refractivity contribution in [1.82, 2.24) is 30.0 Å². The van der Waals surface area contributed by atoms with Crippen molar-refractivity contribution in [2.45, 2.75) is 18.9 Å². The number of likely N-dealkylation sites (tertiary alicyclic amines) is 1. The van der Waals surface area contributed by atoms with Gasteiger partial charge in [0.25, 0.3) is 0 Å². The monoisotopic (exact) mass is 455 g/mol. The van der Waals surface area contributed by atoms with E-state index in [0.29, 0.717) is 31.1 Å². The van der Waals surface area contributed by atoms with Gasteiger partial charge in [0.05, 0.1) is 7.11 Å². The summed E-state index contributed by atoms with van der Waals surface area (Å²) in [6.07, 6.45) is 4.74. The van der Waals surface area contributed by atoms with E-state index in [2.05, 4.69) is 25.8 Å². The van der Waals surface area contributed by atoms with Crippen molar-refractivity contribution < 1.29 is 14.3 Å². The fraction of sp³-hybridized carbons (Fsp3) is 0.381. The smallest absolute Gasteiger partial charge is 0.318 e. The second kappa shape index (κ2) is 9.77. The normalized spacial score (nSPS) is 15.2. The van der Waals surface area contributed by atoms with Crippen molar-refractivity contribution in [3.05, 3.63) is 53.6 Å². The molecule has 1 fully saturated rings. The zero-order valence-corrected chi connectivity index (χ0v) is 18.7. The van der Waals surface area contributed by atoms with Gasteiger partial charge in [0.15, 0.2) is 0 Å². The molecule has 0 saturated carbocycles. The Balaban J connectivity index is 1.40. The highest BCUT2D eigenvalue weighted by Crippen LogP contribution is 2.25. The topological polar surface area (TPSA) is 114 Å². The molecule has 4 rings (SSSR count). The first-order chi connectivity index (χ1) is 15.5. The van der Waals surface area contributed by atoms with Gasteiger partial charge in [-0.1, -0.05) is 23.5 Å². The van der Waals surface area contributed by atoms with Crippen LogP contribution in [0.1, 0.15) is 30.3 Å². The van der Waals surface area contributed by atoms with Crippen molar-refractivity contribution >= 4 is 28.4 Å². The minimum Gasteiger partial charge on any atom is -0.497 e. The zero-order chi connectivity index (χ0) is 22.5. The third-order valence-corrected chi connectivity index (χ3v) is 6.18. The van der Waals surface area contributed by atoms with Crippen molar-refractivity contribution in [3.63, 3.8) is 0 Å². The first kappa shape index (κ1) is 21.8. The second-order valence-corrected chi connectivity index (χ2v) is 8.38. The number of carbonyl (C=O) groups is 2. The van der Waals surface area contributed by atoms with E-state index in [1.807, 2.05) is 42.1 Å². The van der Waals surface area contributed by atoms with Crippen LogP contribution in [0.25, 0.3) is 0 Å². The van der Waals surface area contributed by atoms with Crippen LogP contribution in [0, 0.1) is 5.92 Å². The minimum atomic E-state index is -0.410. The number of carbonyl (C=O) groups excluding carboxylic acids is 2. The lowest BCUT2D eigenvalue weighted by Crippen LogP contribution is -2.47. The maximum atomic E-state index is 13.1. The maximum Gasteiger partial charge on any atom is 0.318 e. The molecule has 1 aliphatic rings. The second-order valence-electron chi connectivity index (χ2n) is 7.55. The Morgan fingerprint density at radius 2 is 1.97 bits per heavy atom. The molecule has 11 heteroatoms. The first-order valence-corrected chi connectivity index (χ1v) is 11.2. The summed E-state index contributed by atoms with van der Waals surface area (Å²) in [5.41, 5.74) is 2.48. The van der Waals surface area contributed by atoms with Crippen LogP contribution in [0.5, 0.6) is 5.75 Å². The number of piperidine rings is 1. The first-order valence-electron chi connectivity index (χ1n) is 10.3. The Bertz CT molecular complexity index is 1040. The van der Waals surface area contributed by atoms with Crippen LogP contribution in [0.3, 0.4) is 0 Å². The molecule has 1 atom stereocenters. The number of amides is 3. The van der Waals surface area contributed by atoms with Gasteiger partial charge in [0, 0.05) is 38.4 Å². The van der Waals surface area contributed by atoms with Crippen LogP contribution in [0.2, 0.25) is 0 Å². The molecule has 3 aromatic rings. The Kier molecular flexibility index (Phi) is 6.64. The molecule has 2 aromatic heterocycles. The fourth-order valence-corrected chi connectivity index (χ4v) is 4.19. The molecule has 32 heavy (non-hydrogen) atoms. The third-order valence-electron chi connectivity index (χ3n) is 5.58. The van der Waals surface area contributed by atoms with Gasteiger partial charge in [-0.3, -0.25) is 4.79 Å². The zero-order valence-electron chi connectivity index (χ0n) is 17.9. The molecule has 0 aliphatic carbocycles. The number of aromatic nitrogens is 4. The summed E-state index contributed by atoms with van der Waals surface area (Å²) in [5, 5.41) is 14.0. The highest BCUT2D eigenvalue weighted by atomic mass is 32.1. The van der Waals surface area contributed by atoms with E-state index in [1.165, 1.54) is 11.3 Å². The Morgan fingerprint density at radius 1 is 1.22 bits per heavy atom. The number of imidazole rings is 1. The van der Waals surface area contributed by atoms with Crippen LogP contribution < -0.4 is 15.4 Å². The van der Waals surface area contributed by atoms with Gasteiger partial charge in [0.2, 0.25) is 11.0 Å². The molecule has 2 N–H and O–H groups in total. The molecule has 0 radical (unpaired) electrons. The van der Waals surface area contributed by atoms with E-state index < -0.39 is 6.04 Å². The molecule has 3 amide bonds. The number of hydrogen-bond donors (Lipinski definition) is 2. The van der Waals surface area contributed by atoms with Gasteiger partial charge >= 0.3 is 6.03 Å². The van der Waals surface area contributed by atoms with Crippen LogP contribution in [0.15, 0.2) is 42.2 Å². The third kappa shape index (κ3) is 4.88. The van der Waals surface area contributed by atoms with E-state index in [1.54, 1.807) is 23.7 Å². The van der Waals surface area contributed by atoms with Crippen molar-refractivity contribution in [3.8, 4) is 5.75 Å². The van der Waals surface area contributed by atoms with E-state index in [0.717, 1.165) is 17.1 Å². The van der Waals surface area contributed by atoms with Gasteiger partial charge in [-0.2, -0.15) is 0 Å². The summed E-state index contributed by atoms with van der Waals surface area (Å²) < 4.78 is 7.13. The number of anilines is 1. The molecule has 0 bridgehead atoms. The summed E-state index contributed by atoms with van der Waals surface area (Å²) in [4.78, 5) is 31.7. The number of urea groups is 1. The number of ether oxygens (including phenoxy) is 1. The summed E-state index contributed by atoms with van der Waals surface area (Å²) in [6.45, 7) is 0.992. The van der Waals surface area contributed by atoms with Gasteiger partial charge in [-0.15, -0.1) is 10.2 Å². The minimum absolute atomic E-state index is 0.0778. The molecule has 1 unspecified atom stereocenters. The SMILES string of the molecule is COc1ccc(C(NC(=O)N2CCC(C(=O)Nc3nncs3)CC2)c2nccn2C)cc1. The number of aryl methyl sites for hydroxylation is 1. The van der Waals surface area contributed by atoms with Crippen LogP contribution in [0.4, 0.5) is 9.93 Å². The Hall–Kier alpha value is -3.47. The number of nitrogens with zero attached hydrogens (tertiary/aromatic N) is 5. The van der Waals surface area contributed by atoms with Crippen LogP contribution >= 0.6 is 11.3 Å². The van der Waals surface area contributed by atoms with Crippen molar-refractivity contribution in [2.24, 2.45) is 13.0 Å². The number of methoxy groups -OCH3 is 1. The van der Waals surface area contributed by atoms with Crippen molar-refractivity contribution in [1.29, 1.82) is 0 Å². The van der Waals surface area contributed by atoms with E-state index in [4.69, 9.17) is 4.74 Å². The number of benzene rings is 1. The van der Waals surface area contributed by atoms with Gasteiger partial charge in [-0.25, -0.2) is 9.78 Å². The van der Waals surface area contributed by atoms with Crippen LogP contribution in [-0.2, 0) is 11.8 Å². The lowest BCUT2D eigenvalue weighted by molar-refractivity contribution is -0.121. The van der Waals surface area contributed by atoms with Gasteiger partial charge in [0.1, 0.15) is 23.1 Å². The summed E-state index contributed by atoms with van der Waals surface area (Å²) >= 11 is 1.28. The molecule has 1 saturated heterocycles. The van der Waals surface area contributed by atoms with E-state index >= 15 is 0 Å². The molecule has 1 aliphatic heterocycles. The molecular weight excluding hydrogens is 430 g/mol. The summed E-state index contributed by atoms with van der Waals surface area (Å²) in [5.74, 6) is 1.24. The number of nitrogens with one attached hydrogen (secondary N) is 2. The maximum absolute atomic E-state index is 13.1. The standard InChI is InChI=1S/C21H25N7O3S/c1-27-12-9-22-18(27)17(14-3-5-16(31-2)6-4-14)24-21(30)28-10-7-15(8-11-28)19(29)25-20-26-23-13-32-20/h3-6,9,12-13,15,17H,7-8,10-11H2,1-2H3,(H,24,30)(H,25,26,29). The Morgan fingerprint density at radius 3 is 2.56 bits per heavy atom. The fourth-order valence-electron chi connectivity index (χ4n) is 3.74. The average molecular weight is 456 g/mol. The summed E-state index contributed by atoms with van der Waals surface area (Å²) in [7, 11) is 3.51.